The Bertz CT molecular complexity index is 699. The molecular weight excluding hydrogens is 618 g/mol. The molecule has 0 bridgehead atoms. The van der Waals surface area contributed by atoms with E-state index in [0.29, 0.717) is 0 Å². The molecule has 12 atom stereocenters. The zero-order valence-corrected chi connectivity index (χ0v) is 25.1. The van der Waals surface area contributed by atoms with Crippen LogP contribution in [0.3, 0.4) is 0 Å². The second-order valence-electron chi connectivity index (χ2n) is 9.66. The van der Waals surface area contributed by atoms with E-state index in [2.05, 4.69) is 16.0 Å². The molecule has 0 aromatic carbocycles. The second kappa shape index (κ2) is 25.9. The number of aliphatic hydroxyl groups excluding tert-OH is 15. The molecule has 270 valence electrons. The predicted octanol–water partition coefficient (Wildman–Crippen LogP) is -10.3. The van der Waals surface area contributed by atoms with Crippen LogP contribution in [0.15, 0.2) is 0 Å². The molecule has 0 spiro atoms. The average molecular weight is 670 g/mol. The fourth-order valence-electron chi connectivity index (χ4n) is 3.22. The summed E-state index contributed by atoms with van der Waals surface area (Å²) >= 11 is 0. The SMILES string of the molecule is CC(=O)N[C@@H](CO)[C@@H](O)[C@H](O)[C@H](O)CO.CC(=O)N[C@@H](CO)[C@@H](O)[C@H](O)[C@H](O)CO.CC(=O)N[C@@H](CO)[C@@H](O)[C@H](O)[C@H](O)CO. The third-order valence-corrected chi connectivity index (χ3v) is 5.79. The van der Waals surface area contributed by atoms with Crippen molar-refractivity contribution in [3.05, 3.63) is 0 Å². The van der Waals surface area contributed by atoms with Gasteiger partial charge in [-0.2, -0.15) is 0 Å². The monoisotopic (exact) mass is 669 g/mol. The summed E-state index contributed by atoms with van der Waals surface area (Å²) in [5.74, 6) is -1.46. The van der Waals surface area contributed by atoms with Gasteiger partial charge >= 0.3 is 0 Å². The number of rotatable bonds is 18. The van der Waals surface area contributed by atoms with Gasteiger partial charge < -0.3 is 92.5 Å². The predicted molar refractivity (Wildman–Crippen MR) is 149 cm³/mol. The Morgan fingerprint density at radius 1 is 0.378 bits per heavy atom. The van der Waals surface area contributed by atoms with E-state index >= 15 is 0 Å². The maximum Gasteiger partial charge on any atom is 0.217 e. The van der Waals surface area contributed by atoms with Crippen molar-refractivity contribution in [2.24, 2.45) is 0 Å². The number of hydrogen-bond acceptors (Lipinski definition) is 18. The Labute approximate surface area is 258 Å². The van der Waals surface area contributed by atoms with Crippen molar-refractivity contribution in [3.8, 4) is 0 Å². The van der Waals surface area contributed by atoms with Gasteiger partial charge in [-0.1, -0.05) is 0 Å². The van der Waals surface area contributed by atoms with Crippen molar-refractivity contribution in [1.82, 2.24) is 16.0 Å². The minimum absolute atomic E-state index is 0.487. The number of hydrogen-bond donors (Lipinski definition) is 18. The van der Waals surface area contributed by atoms with Crippen LogP contribution in [-0.4, -0.2) is 207 Å². The summed E-state index contributed by atoms with van der Waals surface area (Å²) in [5, 5.41) is 142. The van der Waals surface area contributed by atoms with Crippen LogP contribution in [0.5, 0.6) is 0 Å². The molecule has 3 amide bonds. The molecule has 0 aliphatic heterocycles. The first-order valence-corrected chi connectivity index (χ1v) is 13.4. The Hall–Kier alpha value is -2.19. The molecule has 0 fully saturated rings. The fourth-order valence-corrected chi connectivity index (χ4v) is 3.22. The third kappa shape index (κ3) is 19.8. The van der Waals surface area contributed by atoms with Crippen molar-refractivity contribution < 1.29 is 91.0 Å². The first kappa shape index (κ1) is 47.2. The standard InChI is InChI=1S/3C8H17NO6/c3*1-4(12)9-5(2-10)7(14)8(15)6(13)3-11/h3*5-8,10-11,13-15H,2-3H2,1H3,(H,9,12)/t3*5-,6+,7+,8+/m000/s1. The minimum atomic E-state index is -1.64. The van der Waals surface area contributed by atoms with E-state index in [4.69, 9.17) is 46.0 Å². The highest BCUT2D eigenvalue weighted by atomic mass is 16.4. The lowest BCUT2D eigenvalue weighted by Crippen LogP contribution is -2.53. The molecule has 21 heteroatoms. The van der Waals surface area contributed by atoms with Gasteiger partial charge in [-0.25, -0.2) is 0 Å². The highest BCUT2D eigenvalue weighted by Gasteiger charge is 2.33. The maximum absolute atomic E-state index is 10.7. The zero-order valence-electron chi connectivity index (χ0n) is 25.1. The minimum Gasteiger partial charge on any atom is -0.394 e. The van der Waals surface area contributed by atoms with Crippen LogP contribution in [0.4, 0.5) is 0 Å². The summed E-state index contributed by atoms with van der Waals surface area (Å²) in [4.78, 5) is 32.0. The summed E-state index contributed by atoms with van der Waals surface area (Å²) in [6.45, 7) is -0.385. The lowest BCUT2D eigenvalue weighted by Gasteiger charge is -2.27. The summed E-state index contributed by atoms with van der Waals surface area (Å²) in [6.07, 6.45) is -14.2. The number of nitrogens with one attached hydrogen (secondary N) is 3. The fraction of sp³-hybridized carbons (Fsp3) is 0.875. The maximum atomic E-state index is 10.7. The van der Waals surface area contributed by atoms with Gasteiger partial charge in [0.15, 0.2) is 0 Å². The van der Waals surface area contributed by atoms with Crippen LogP contribution in [0, 0.1) is 0 Å². The molecule has 0 aliphatic rings. The van der Waals surface area contributed by atoms with Gasteiger partial charge in [0.1, 0.15) is 54.9 Å². The van der Waals surface area contributed by atoms with E-state index in [-0.39, 0.29) is 0 Å². The van der Waals surface area contributed by atoms with E-state index < -0.39 is 130 Å². The van der Waals surface area contributed by atoms with E-state index in [1.807, 2.05) is 0 Å². The van der Waals surface area contributed by atoms with Crippen LogP contribution in [0.25, 0.3) is 0 Å². The van der Waals surface area contributed by atoms with Gasteiger partial charge in [0.2, 0.25) is 17.7 Å². The van der Waals surface area contributed by atoms with Gasteiger partial charge in [-0.15, -0.1) is 0 Å². The van der Waals surface area contributed by atoms with Crippen LogP contribution in [-0.2, 0) is 14.4 Å². The molecule has 0 rings (SSSR count). The number of carbonyl (C=O) groups excluding carboxylic acids is 3. The zero-order chi connectivity index (χ0) is 36.0. The van der Waals surface area contributed by atoms with Crippen molar-refractivity contribution in [2.75, 3.05) is 39.6 Å². The lowest BCUT2D eigenvalue weighted by atomic mass is 10.0. The van der Waals surface area contributed by atoms with Crippen LogP contribution in [0.1, 0.15) is 20.8 Å². The first-order chi connectivity index (χ1) is 20.8. The lowest BCUT2D eigenvalue weighted by molar-refractivity contribution is -0.125. The Balaban J connectivity index is -0.000000588. The highest BCUT2D eigenvalue weighted by molar-refractivity contribution is 5.74. The van der Waals surface area contributed by atoms with E-state index in [0.717, 1.165) is 0 Å². The quantitative estimate of drug-likeness (QED) is 0.0644. The molecule has 0 saturated carbocycles. The molecule has 0 radical (unpaired) electrons. The molecule has 18 N–H and O–H groups in total. The first-order valence-electron chi connectivity index (χ1n) is 13.4. The van der Waals surface area contributed by atoms with Gasteiger partial charge in [-0.05, 0) is 0 Å². The van der Waals surface area contributed by atoms with E-state index in [9.17, 15) is 45.0 Å². The summed E-state index contributed by atoms with van der Waals surface area (Å²) in [5.41, 5.74) is 0. The molecule has 0 unspecified atom stereocenters. The Morgan fingerprint density at radius 3 is 0.667 bits per heavy atom. The molecule has 0 aliphatic carbocycles. The molecule has 0 saturated heterocycles. The summed E-state index contributed by atoms with van der Waals surface area (Å²) < 4.78 is 0. The van der Waals surface area contributed by atoms with Crippen LogP contribution in [0.2, 0.25) is 0 Å². The largest absolute Gasteiger partial charge is 0.394 e. The molecule has 0 aromatic rings. The van der Waals surface area contributed by atoms with Crippen molar-refractivity contribution in [3.63, 3.8) is 0 Å². The molecule has 0 heterocycles. The van der Waals surface area contributed by atoms with Crippen LogP contribution >= 0.6 is 0 Å². The topological polar surface area (TPSA) is 391 Å². The van der Waals surface area contributed by atoms with Crippen molar-refractivity contribution in [2.45, 2.75) is 93.8 Å². The Kier molecular flexibility index (Phi) is 27.2. The summed E-state index contributed by atoms with van der Waals surface area (Å²) in [6, 6.07) is -3.25. The van der Waals surface area contributed by atoms with Gasteiger partial charge in [0.25, 0.3) is 0 Å². The third-order valence-electron chi connectivity index (χ3n) is 5.79. The van der Waals surface area contributed by atoms with Gasteiger partial charge in [-0.3, -0.25) is 14.4 Å². The van der Waals surface area contributed by atoms with Crippen molar-refractivity contribution >= 4 is 17.7 Å². The number of amides is 3. The number of carbonyl (C=O) groups is 3. The second-order valence-corrected chi connectivity index (χ2v) is 9.66. The summed E-state index contributed by atoms with van der Waals surface area (Å²) in [7, 11) is 0. The Morgan fingerprint density at radius 2 is 0.556 bits per heavy atom. The molecule has 21 nitrogen and oxygen atoms in total. The van der Waals surface area contributed by atoms with Gasteiger partial charge in [0, 0.05) is 20.8 Å². The van der Waals surface area contributed by atoms with E-state index in [1.54, 1.807) is 0 Å². The van der Waals surface area contributed by atoms with E-state index in [1.165, 1.54) is 20.8 Å². The van der Waals surface area contributed by atoms with Gasteiger partial charge in [0.05, 0.1) is 57.8 Å². The molecule has 45 heavy (non-hydrogen) atoms. The van der Waals surface area contributed by atoms with Crippen molar-refractivity contribution in [1.29, 1.82) is 0 Å². The highest BCUT2D eigenvalue weighted by Crippen LogP contribution is 2.06. The number of aliphatic hydroxyl groups is 15. The van der Waals surface area contributed by atoms with Crippen LogP contribution < -0.4 is 16.0 Å². The normalized spacial score (nSPS) is 19.1. The molecular formula is C24H51N3O18. The average Bonchev–Trinajstić information content (AvgIpc) is 3.01. The molecule has 0 aromatic heterocycles. The smallest absolute Gasteiger partial charge is 0.217 e.